The highest BCUT2D eigenvalue weighted by atomic mass is 32.1. The van der Waals surface area contributed by atoms with Crippen molar-refractivity contribution in [2.75, 3.05) is 12.4 Å². The van der Waals surface area contributed by atoms with Crippen molar-refractivity contribution in [2.45, 2.75) is 0 Å². The van der Waals surface area contributed by atoms with E-state index in [1.165, 1.54) is 11.3 Å². The Kier molecular flexibility index (Phi) is 1.77. The van der Waals surface area contributed by atoms with E-state index in [0.717, 1.165) is 15.9 Å². The van der Waals surface area contributed by atoms with Crippen molar-refractivity contribution in [2.24, 2.45) is 0 Å². The zero-order chi connectivity index (χ0) is 8.55. The Morgan fingerprint density at radius 2 is 2.33 bits per heavy atom. The van der Waals surface area contributed by atoms with Crippen LogP contribution >= 0.6 is 11.3 Å². The first kappa shape index (κ1) is 7.62. The fourth-order valence-electron chi connectivity index (χ4n) is 1.10. The third kappa shape index (κ3) is 1.18. The molecular weight excluding hydrogens is 167 g/mol. The molecule has 0 aliphatic carbocycles. The second kappa shape index (κ2) is 2.79. The smallest absolute Gasteiger partial charge is 0.157 e. The number of nitrogens with one attached hydrogen (secondary N) is 1. The predicted molar refractivity (Wildman–Crippen MR) is 54.6 cm³/mol. The highest BCUT2D eigenvalue weighted by Gasteiger charge is 1.99. The molecule has 2 aromatic rings. The van der Waals surface area contributed by atoms with Crippen LogP contribution in [0.3, 0.4) is 0 Å². The third-order valence-electron chi connectivity index (χ3n) is 1.69. The maximum atomic E-state index is 5.57. The summed E-state index contributed by atoms with van der Waals surface area (Å²) in [6, 6.07) is 6.03. The molecule has 0 saturated carbocycles. The zero-order valence-corrected chi connectivity index (χ0v) is 7.48. The molecule has 1 aromatic carbocycles. The van der Waals surface area contributed by atoms with E-state index in [2.05, 4.69) is 10.3 Å². The van der Waals surface area contributed by atoms with Crippen LogP contribution in [0.25, 0.3) is 10.2 Å². The van der Waals surface area contributed by atoms with Gasteiger partial charge in [-0.05, 0) is 18.2 Å². The molecule has 58 valence electrons. The quantitative estimate of drug-likeness (QED) is 0.655. The lowest BCUT2D eigenvalue weighted by Crippen LogP contribution is -1.96. The Morgan fingerprint density at radius 1 is 1.50 bits per heavy atom. The largest absolute Gasteiger partial charge is 0.388 e. The van der Waals surface area contributed by atoms with Gasteiger partial charge < -0.3 is 5.32 Å². The molecule has 1 aromatic heterocycles. The van der Waals surface area contributed by atoms with E-state index in [9.17, 15) is 0 Å². The van der Waals surface area contributed by atoms with Crippen LogP contribution in [0, 0.1) is 0 Å². The molecule has 0 amide bonds. The topological polar surface area (TPSA) is 24.9 Å². The first-order chi connectivity index (χ1) is 5.79. The summed E-state index contributed by atoms with van der Waals surface area (Å²) in [5.41, 5.74) is 2.03. The summed E-state index contributed by atoms with van der Waals surface area (Å²) in [6.45, 7) is 0. The van der Waals surface area contributed by atoms with Crippen LogP contribution in [0.5, 0.6) is 0 Å². The van der Waals surface area contributed by atoms with Gasteiger partial charge in [-0.1, -0.05) is 0 Å². The monoisotopic (exact) mass is 174 g/mol. The van der Waals surface area contributed by atoms with Crippen molar-refractivity contribution in [3.05, 3.63) is 18.2 Å². The van der Waals surface area contributed by atoms with Crippen LogP contribution in [-0.4, -0.2) is 19.9 Å². The lowest BCUT2D eigenvalue weighted by Gasteiger charge is -1.96. The van der Waals surface area contributed by atoms with Crippen LogP contribution in [0.1, 0.15) is 0 Å². The van der Waals surface area contributed by atoms with E-state index in [0.29, 0.717) is 4.91 Å². The van der Waals surface area contributed by atoms with Gasteiger partial charge in [0.2, 0.25) is 0 Å². The van der Waals surface area contributed by atoms with Crippen LogP contribution < -0.4 is 10.2 Å². The summed E-state index contributed by atoms with van der Waals surface area (Å²) in [5.74, 6) is 0. The SMILES string of the molecule is [B]c1nc2cc(NC)ccc2s1. The Hall–Kier alpha value is -1.03. The standard InChI is InChI=1S/C8H7BN2S/c1-10-5-2-3-7-6(4-5)11-8(9)12-7/h2-4,10H,1H3. The summed E-state index contributed by atoms with van der Waals surface area (Å²) in [7, 11) is 7.45. The average Bonchev–Trinajstić information content (AvgIpc) is 2.43. The second-order valence-electron chi connectivity index (χ2n) is 2.48. The molecule has 0 atom stereocenters. The van der Waals surface area contributed by atoms with E-state index in [1.54, 1.807) is 0 Å². The van der Waals surface area contributed by atoms with Gasteiger partial charge in [0.15, 0.2) is 7.85 Å². The molecule has 0 saturated heterocycles. The van der Waals surface area contributed by atoms with E-state index in [-0.39, 0.29) is 0 Å². The van der Waals surface area contributed by atoms with Crippen molar-refractivity contribution in [1.29, 1.82) is 0 Å². The Bertz CT molecular complexity index is 410. The van der Waals surface area contributed by atoms with E-state index in [1.807, 2.05) is 25.2 Å². The number of hydrogen-bond donors (Lipinski definition) is 1. The Morgan fingerprint density at radius 3 is 3.08 bits per heavy atom. The molecule has 2 rings (SSSR count). The first-order valence-electron chi connectivity index (χ1n) is 3.63. The molecule has 4 heteroatoms. The molecule has 12 heavy (non-hydrogen) atoms. The van der Waals surface area contributed by atoms with Gasteiger partial charge in [0.05, 0.1) is 10.2 Å². The summed E-state index contributed by atoms with van der Waals surface area (Å²) >= 11 is 1.51. The summed E-state index contributed by atoms with van der Waals surface area (Å²) in [4.78, 5) is 4.80. The number of fused-ring (bicyclic) bond motifs is 1. The molecular formula is C8H7BN2S. The maximum absolute atomic E-state index is 5.57. The van der Waals surface area contributed by atoms with Gasteiger partial charge in [0.25, 0.3) is 0 Å². The Labute approximate surface area is 76.0 Å². The van der Waals surface area contributed by atoms with Gasteiger partial charge >= 0.3 is 0 Å². The first-order valence-corrected chi connectivity index (χ1v) is 4.45. The van der Waals surface area contributed by atoms with Crippen molar-refractivity contribution >= 4 is 40.0 Å². The van der Waals surface area contributed by atoms with E-state index >= 15 is 0 Å². The number of anilines is 1. The number of benzene rings is 1. The maximum Gasteiger partial charge on any atom is 0.157 e. The summed E-state index contributed by atoms with van der Waals surface area (Å²) in [5, 5.41) is 3.05. The predicted octanol–water partition coefficient (Wildman–Crippen LogP) is 1.13. The minimum Gasteiger partial charge on any atom is -0.388 e. The van der Waals surface area contributed by atoms with Crippen LogP contribution in [0.2, 0.25) is 0 Å². The molecule has 1 N–H and O–H groups in total. The van der Waals surface area contributed by atoms with Gasteiger partial charge in [0, 0.05) is 17.6 Å². The van der Waals surface area contributed by atoms with Crippen molar-refractivity contribution in [3.63, 3.8) is 0 Å². The molecule has 1 heterocycles. The fourth-order valence-corrected chi connectivity index (χ4v) is 1.82. The van der Waals surface area contributed by atoms with Crippen LogP contribution in [-0.2, 0) is 0 Å². The fraction of sp³-hybridized carbons (Fsp3) is 0.125. The Balaban J connectivity index is 2.66. The highest BCUT2D eigenvalue weighted by molar-refractivity contribution is 7.25. The normalized spacial score (nSPS) is 10.4. The average molecular weight is 174 g/mol. The number of aromatic nitrogens is 1. The van der Waals surface area contributed by atoms with Crippen molar-refractivity contribution in [3.8, 4) is 0 Å². The van der Waals surface area contributed by atoms with Crippen molar-refractivity contribution in [1.82, 2.24) is 4.98 Å². The van der Waals surface area contributed by atoms with Gasteiger partial charge in [-0.3, -0.25) is 4.98 Å². The molecule has 0 spiro atoms. The lowest BCUT2D eigenvalue weighted by atomic mass is 10.2. The van der Waals surface area contributed by atoms with E-state index < -0.39 is 0 Å². The van der Waals surface area contributed by atoms with Gasteiger partial charge in [-0.25, -0.2) is 0 Å². The summed E-state index contributed by atoms with van der Waals surface area (Å²) in [6.07, 6.45) is 0. The lowest BCUT2D eigenvalue weighted by molar-refractivity contribution is 1.50. The molecule has 2 nitrogen and oxygen atoms in total. The summed E-state index contributed by atoms with van der Waals surface area (Å²) < 4.78 is 1.13. The van der Waals surface area contributed by atoms with Gasteiger partial charge in [-0.15, -0.1) is 11.3 Å². The second-order valence-corrected chi connectivity index (χ2v) is 3.55. The van der Waals surface area contributed by atoms with Crippen LogP contribution in [0.4, 0.5) is 5.69 Å². The van der Waals surface area contributed by atoms with Gasteiger partial charge in [0.1, 0.15) is 0 Å². The molecule has 0 fully saturated rings. The van der Waals surface area contributed by atoms with Crippen molar-refractivity contribution < 1.29 is 0 Å². The highest BCUT2D eigenvalue weighted by Crippen LogP contribution is 2.19. The number of thiazole rings is 1. The van der Waals surface area contributed by atoms with Gasteiger partial charge in [-0.2, -0.15) is 0 Å². The third-order valence-corrected chi connectivity index (χ3v) is 2.56. The molecule has 0 aliphatic rings. The zero-order valence-electron chi connectivity index (χ0n) is 6.66. The minimum atomic E-state index is 0.623. The van der Waals surface area contributed by atoms with Crippen LogP contribution in [0.15, 0.2) is 18.2 Å². The molecule has 0 unspecified atom stereocenters. The molecule has 2 radical (unpaired) electrons. The number of nitrogens with zero attached hydrogens (tertiary/aromatic N) is 1. The minimum absolute atomic E-state index is 0.623. The van der Waals surface area contributed by atoms with E-state index in [4.69, 9.17) is 7.85 Å². The number of hydrogen-bond acceptors (Lipinski definition) is 3. The number of rotatable bonds is 1. The molecule has 0 aliphatic heterocycles. The molecule has 0 bridgehead atoms.